The quantitative estimate of drug-likeness (QED) is 0.591. The lowest BCUT2D eigenvalue weighted by Crippen LogP contribution is -2.37. The summed E-state index contributed by atoms with van der Waals surface area (Å²) in [5, 5.41) is 31.2. The molecule has 0 fully saturated rings. The van der Waals surface area contributed by atoms with E-state index in [1.807, 2.05) is 6.07 Å². The van der Waals surface area contributed by atoms with Gasteiger partial charge in [-0.25, -0.2) is 9.59 Å². The van der Waals surface area contributed by atoms with Crippen molar-refractivity contribution in [2.45, 2.75) is 19.1 Å². The fourth-order valence-electron chi connectivity index (χ4n) is 1.44. The maximum atomic E-state index is 11.4. The van der Waals surface area contributed by atoms with Crippen LogP contribution < -0.4 is 10.6 Å². The highest BCUT2D eigenvalue weighted by atomic mass is 16.4. The van der Waals surface area contributed by atoms with Gasteiger partial charge in [0.05, 0.1) is 11.6 Å². The number of nitrogens with zero attached hydrogens (tertiary/aromatic N) is 1. The second-order valence-corrected chi connectivity index (χ2v) is 4.06. The molecule has 0 aliphatic heterocycles. The topological polar surface area (TPSA) is 122 Å². The van der Waals surface area contributed by atoms with Gasteiger partial charge < -0.3 is 20.8 Å². The zero-order valence-electron chi connectivity index (χ0n) is 10.7. The van der Waals surface area contributed by atoms with Crippen molar-refractivity contribution in [1.29, 1.82) is 5.26 Å². The molecule has 0 aliphatic rings. The van der Waals surface area contributed by atoms with Crippen molar-refractivity contribution in [3.05, 3.63) is 35.4 Å². The fraction of sp³-hybridized carbons (Fsp3) is 0.308. The number of carboxylic acids is 1. The number of hydrogen-bond donors (Lipinski definition) is 4. The molecule has 1 atom stereocenters. The predicted octanol–water partition coefficient (Wildman–Crippen LogP) is 0.193. The molecule has 1 aromatic rings. The maximum absolute atomic E-state index is 11.4. The van der Waals surface area contributed by atoms with E-state index < -0.39 is 18.1 Å². The van der Waals surface area contributed by atoms with Crippen molar-refractivity contribution in [3.8, 4) is 6.07 Å². The SMILES string of the molecule is N#Cc1cccc(CNC(=O)NCC[C@H](O)C(=O)O)c1. The minimum atomic E-state index is -1.48. The van der Waals surface area contributed by atoms with Gasteiger partial charge in [-0.15, -0.1) is 0 Å². The van der Waals surface area contributed by atoms with Crippen molar-refractivity contribution in [2.24, 2.45) is 0 Å². The van der Waals surface area contributed by atoms with Crippen LogP contribution in [0.15, 0.2) is 24.3 Å². The predicted molar refractivity (Wildman–Crippen MR) is 69.7 cm³/mol. The van der Waals surface area contributed by atoms with Gasteiger partial charge >= 0.3 is 12.0 Å². The van der Waals surface area contributed by atoms with Gasteiger partial charge in [-0.2, -0.15) is 5.26 Å². The molecule has 0 aliphatic carbocycles. The molecular formula is C13H15N3O4. The molecule has 1 aromatic carbocycles. The lowest BCUT2D eigenvalue weighted by Gasteiger charge is -2.09. The molecule has 20 heavy (non-hydrogen) atoms. The van der Waals surface area contributed by atoms with E-state index in [9.17, 15) is 9.59 Å². The van der Waals surface area contributed by atoms with Gasteiger partial charge in [0.2, 0.25) is 0 Å². The molecule has 7 nitrogen and oxygen atoms in total. The van der Waals surface area contributed by atoms with Crippen LogP contribution in [0.25, 0.3) is 0 Å². The zero-order valence-corrected chi connectivity index (χ0v) is 10.7. The van der Waals surface area contributed by atoms with Crippen LogP contribution in [0.4, 0.5) is 4.79 Å². The summed E-state index contributed by atoms with van der Waals surface area (Å²) in [5.74, 6) is -1.32. The third kappa shape index (κ3) is 5.37. The lowest BCUT2D eigenvalue weighted by atomic mass is 10.1. The Hall–Kier alpha value is -2.59. The Bertz CT molecular complexity index is 525. The van der Waals surface area contributed by atoms with Crippen LogP contribution in [-0.2, 0) is 11.3 Å². The molecule has 106 valence electrons. The highest BCUT2D eigenvalue weighted by Crippen LogP contribution is 2.03. The van der Waals surface area contributed by atoms with E-state index in [2.05, 4.69) is 10.6 Å². The molecule has 0 spiro atoms. The molecule has 0 saturated carbocycles. The van der Waals surface area contributed by atoms with Crippen LogP contribution in [0.3, 0.4) is 0 Å². The Balaban J connectivity index is 2.29. The lowest BCUT2D eigenvalue weighted by molar-refractivity contribution is -0.146. The molecule has 4 N–H and O–H groups in total. The number of nitriles is 1. The second-order valence-electron chi connectivity index (χ2n) is 4.06. The molecule has 7 heteroatoms. The Kier molecular flexibility index (Phi) is 6.00. The Morgan fingerprint density at radius 1 is 1.35 bits per heavy atom. The van der Waals surface area contributed by atoms with Gasteiger partial charge in [-0.05, 0) is 17.7 Å². The average molecular weight is 277 g/mol. The molecule has 0 heterocycles. The minimum Gasteiger partial charge on any atom is -0.479 e. The van der Waals surface area contributed by atoms with Gasteiger partial charge in [0.1, 0.15) is 0 Å². The first-order valence-corrected chi connectivity index (χ1v) is 5.94. The smallest absolute Gasteiger partial charge is 0.332 e. The minimum absolute atomic E-state index is 0.0531. The van der Waals surface area contributed by atoms with Crippen molar-refractivity contribution in [2.75, 3.05) is 6.54 Å². The number of benzene rings is 1. The van der Waals surface area contributed by atoms with Crippen LogP contribution in [0.5, 0.6) is 0 Å². The van der Waals surface area contributed by atoms with E-state index in [0.29, 0.717) is 5.56 Å². The van der Waals surface area contributed by atoms with E-state index in [0.717, 1.165) is 5.56 Å². The Labute approximate surface area is 115 Å². The molecule has 0 unspecified atom stereocenters. The van der Waals surface area contributed by atoms with Crippen LogP contribution >= 0.6 is 0 Å². The van der Waals surface area contributed by atoms with E-state index in [4.69, 9.17) is 15.5 Å². The number of carbonyl (C=O) groups is 2. The average Bonchev–Trinajstić information content (AvgIpc) is 2.45. The number of amides is 2. The highest BCUT2D eigenvalue weighted by molar-refractivity contribution is 5.74. The van der Waals surface area contributed by atoms with E-state index >= 15 is 0 Å². The summed E-state index contributed by atoms with van der Waals surface area (Å²) in [7, 11) is 0. The molecule has 0 saturated heterocycles. The molecule has 0 bridgehead atoms. The Morgan fingerprint density at radius 3 is 2.75 bits per heavy atom. The summed E-state index contributed by atoms with van der Waals surface area (Å²) in [5.41, 5.74) is 1.29. The number of rotatable bonds is 6. The highest BCUT2D eigenvalue weighted by Gasteiger charge is 2.12. The Morgan fingerprint density at radius 2 is 2.10 bits per heavy atom. The normalized spacial score (nSPS) is 11.2. The van der Waals surface area contributed by atoms with Gasteiger partial charge in [-0.3, -0.25) is 0 Å². The number of aliphatic hydroxyl groups excluding tert-OH is 1. The van der Waals surface area contributed by atoms with E-state index in [1.165, 1.54) is 0 Å². The summed E-state index contributed by atoms with van der Waals surface area (Å²) in [6.45, 7) is 0.306. The molecule has 2 amide bonds. The third-order valence-corrected chi connectivity index (χ3v) is 2.50. The van der Waals surface area contributed by atoms with Crippen LogP contribution in [0.2, 0.25) is 0 Å². The molecular weight excluding hydrogens is 262 g/mol. The van der Waals surface area contributed by atoms with Gasteiger partial charge in [0.15, 0.2) is 6.10 Å². The number of nitrogens with one attached hydrogen (secondary N) is 2. The van der Waals surface area contributed by atoms with Crippen LogP contribution in [-0.4, -0.2) is 34.9 Å². The summed E-state index contributed by atoms with van der Waals surface area (Å²) < 4.78 is 0. The van der Waals surface area contributed by atoms with Crippen molar-refractivity contribution in [3.63, 3.8) is 0 Å². The summed E-state index contributed by atoms with van der Waals surface area (Å²) in [4.78, 5) is 21.7. The van der Waals surface area contributed by atoms with Crippen molar-refractivity contribution < 1.29 is 19.8 Å². The van der Waals surface area contributed by atoms with Gasteiger partial charge in [-0.1, -0.05) is 12.1 Å². The largest absolute Gasteiger partial charge is 0.479 e. The molecule has 0 aromatic heterocycles. The monoisotopic (exact) mass is 277 g/mol. The van der Waals surface area contributed by atoms with Crippen molar-refractivity contribution >= 4 is 12.0 Å². The van der Waals surface area contributed by atoms with Crippen molar-refractivity contribution in [1.82, 2.24) is 10.6 Å². The number of aliphatic hydroxyl groups is 1. The van der Waals surface area contributed by atoms with Crippen LogP contribution in [0, 0.1) is 11.3 Å². The second kappa shape index (κ2) is 7.76. The van der Waals surface area contributed by atoms with Gasteiger partial charge in [0.25, 0.3) is 0 Å². The summed E-state index contributed by atoms with van der Waals surface area (Å²) in [6, 6.07) is 8.35. The number of hydrogen-bond acceptors (Lipinski definition) is 4. The number of urea groups is 1. The third-order valence-electron chi connectivity index (χ3n) is 2.50. The van der Waals surface area contributed by atoms with Crippen LogP contribution in [0.1, 0.15) is 17.5 Å². The summed E-state index contributed by atoms with van der Waals surface area (Å²) in [6.07, 6.45) is -1.55. The zero-order chi connectivity index (χ0) is 15.0. The molecule has 1 rings (SSSR count). The first-order chi connectivity index (χ1) is 9.52. The first kappa shape index (κ1) is 15.5. The number of carboxylic acid groups (broad SMARTS) is 1. The molecule has 0 radical (unpaired) electrons. The van der Waals surface area contributed by atoms with E-state index in [1.54, 1.807) is 24.3 Å². The van der Waals surface area contributed by atoms with Gasteiger partial charge in [0, 0.05) is 19.5 Å². The van der Waals surface area contributed by atoms with E-state index in [-0.39, 0.29) is 19.5 Å². The number of aliphatic carboxylic acids is 1. The number of carbonyl (C=O) groups excluding carboxylic acids is 1. The standard InChI is InChI=1S/C13H15N3O4/c14-7-9-2-1-3-10(6-9)8-16-13(20)15-5-4-11(17)12(18)19/h1-3,6,11,17H,4-5,8H2,(H,18,19)(H2,15,16,20)/t11-/m0/s1. The first-order valence-electron chi connectivity index (χ1n) is 5.94. The summed E-state index contributed by atoms with van der Waals surface area (Å²) >= 11 is 0. The maximum Gasteiger partial charge on any atom is 0.332 e. The fourth-order valence-corrected chi connectivity index (χ4v) is 1.44.